The number of nitrogens with one attached hydrogen (secondary N) is 3. The van der Waals surface area contributed by atoms with Crippen LogP contribution in [0.4, 0.5) is 0 Å². The fourth-order valence-corrected chi connectivity index (χ4v) is 3.28. The van der Waals surface area contributed by atoms with Crippen molar-refractivity contribution >= 4 is 30.7 Å². The maximum atomic E-state index is 12.6. The summed E-state index contributed by atoms with van der Waals surface area (Å²) in [5, 5.41) is 13.4. The predicted octanol–water partition coefficient (Wildman–Crippen LogP) is 2.37. The van der Waals surface area contributed by atoms with Crippen molar-refractivity contribution in [3.8, 4) is 11.4 Å². The molecule has 0 atom stereocenters. The monoisotopic (exact) mass is 415 g/mol. The summed E-state index contributed by atoms with van der Waals surface area (Å²) < 4.78 is 5.40. The van der Waals surface area contributed by atoms with E-state index in [1.54, 1.807) is 7.11 Å². The van der Waals surface area contributed by atoms with E-state index in [-0.39, 0.29) is 36.1 Å². The molecule has 27 heavy (non-hydrogen) atoms. The van der Waals surface area contributed by atoms with Crippen LogP contribution in [-0.4, -0.2) is 54.4 Å². The second-order valence-electron chi connectivity index (χ2n) is 6.69. The number of aryl methyl sites for hydroxylation is 1. The van der Waals surface area contributed by atoms with Gasteiger partial charge < -0.3 is 15.4 Å². The number of methoxy groups -OCH3 is 1. The molecule has 1 aliphatic rings. The Morgan fingerprint density at radius 2 is 2.04 bits per heavy atom. The van der Waals surface area contributed by atoms with Crippen LogP contribution >= 0.6 is 24.8 Å². The maximum absolute atomic E-state index is 12.6. The SMILES string of the molecule is COCC1(CNC(=O)c2cccc(-c3n[nH]c(C)n3)c2)CCNCC1.Cl.Cl. The van der Waals surface area contributed by atoms with Crippen LogP contribution in [0.15, 0.2) is 24.3 Å². The highest BCUT2D eigenvalue weighted by atomic mass is 35.5. The highest BCUT2D eigenvalue weighted by molar-refractivity contribution is 5.95. The molecule has 0 unspecified atom stereocenters. The number of benzene rings is 1. The van der Waals surface area contributed by atoms with Crippen molar-refractivity contribution in [3.05, 3.63) is 35.7 Å². The summed E-state index contributed by atoms with van der Waals surface area (Å²) in [6.45, 7) is 5.04. The van der Waals surface area contributed by atoms with Gasteiger partial charge in [-0.1, -0.05) is 12.1 Å². The number of rotatable bonds is 6. The summed E-state index contributed by atoms with van der Waals surface area (Å²) in [5.41, 5.74) is 1.45. The molecule has 0 saturated carbocycles. The van der Waals surface area contributed by atoms with Crippen molar-refractivity contribution in [3.63, 3.8) is 0 Å². The number of carbonyl (C=O) groups excluding carboxylic acids is 1. The van der Waals surface area contributed by atoms with Crippen LogP contribution in [0.2, 0.25) is 0 Å². The van der Waals surface area contributed by atoms with E-state index in [4.69, 9.17) is 4.74 Å². The Bertz CT molecular complexity index is 727. The average molecular weight is 416 g/mol. The quantitative estimate of drug-likeness (QED) is 0.673. The summed E-state index contributed by atoms with van der Waals surface area (Å²) in [5.74, 6) is 1.27. The Hall–Kier alpha value is -1.67. The number of nitrogens with zero attached hydrogens (tertiary/aromatic N) is 2. The first-order valence-electron chi connectivity index (χ1n) is 8.59. The molecule has 150 valence electrons. The third kappa shape index (κ3) is 5.90. The Balaban J connectivity index is 0.00000182. The minimum atomic E-state index is -0.0804. The summed E-state index contributed by atoms with van der Waals surface area (Å²) in [6.07, 6.45) is 2.00. The van der Waals surface area contributed by atoms with Crippen LogP contribution in [0.1, 0.15) is 29.0 Å². The molecule has 1 aromatic carbocycles. The molecule has 1 amide bonds. The topological polar surface area (TPSA) is 91.9 Å². The van der Waals surface area contributed by atoms with Gasteiger partial charge in [0.1, 0.15) is 5.82 Å². The standard InChI is InChI=1S/C18H25N5O2.2ClH/c1-13-21-16(23-22-13)14-4-3-5-15(10-14)17(24)20-11-18(12-25-2)6-8-19-9-7-18;;/h3-5,10,19H,6-9,11-12H2,1-2H3,(H,20,24)(H,21,22,23);2*1H. The lowest BCUT2D eigenvalue weighted by Crippen LogP contribution is -2.47. The molecule has 0 bridgehead atoms. The molecule has 3 rings (SSSR count). The van der Waals surface area contributed by atoms with E-state index in [0.29, 0.717) is 24.5 Å². The molecule has 7 nitrogen and oxygen atoms in total. The zero-order chi connectivity index (χ0) is 17.7. The second-order valence-corrected chi connectivity index (χ2v) is 6.69. The first kappa shape index (κ1) is 23.4. The van der Waals surface area contributed by atoms with Gasteiger partial charge in [-0.2, -0.15) is 5.10 Å². The number of carbonyl (C=O) groups is 1. The number of ether oxygens (including phenoxy) is 1. The van der Waals surface area contributed by atoms with Gasteiger partial charge in [-0.3, -0.25) is 9.89 Å². The highest BCUT2D eigenvalue weighted by Gasteiger charge is 2.32. The molecule has 2 aromatic rings. The van der Waals surface area contributed by atoms with E-state index in [9.17, 15) is 4.79 Å². The number of halogens is 2. The lowest BCUT2D eigenvalue weighted by atomic mass is 9.79. The van der Waals surface area contributed by atoms with Crippen LogP contribution in [0.3, 0.4) is 0 Å². The molecular weight excluding hydrogens is 389 g/mol. The van der Waals surface area contributed by atoms with E-state index in [2.05, 4.69) is 25.8 Å². The van der Waals surface area contributed by atoms with Gasteiger partial charge in [-0.25, -0.2) is 4.98 Å². The zero-order valence-electron chi connectivity index (χ0n) is 15.6. The number of hydrogen-bond donors (Lipinski definition) is 3. The number of piperidine rings is 1. The van der Waals surface area contributed by atoms with Crippen LogP contribution in [0.25, 0.3) is 11.4 Å². The average Bonchev–Trinajstić information content (AvgIpc) is 3.07. The van der Waals surface area contributed by atoms with Gasteiger partial charge in [0.15, 0.2) is 5.82 Å². The number of aromatic amines is 1. The van der Waals surface area contributed by atoms with E-state index in [0.717, 1.165) is 37.3 Å². The van der Waals surface area contributed by atoms with Gasteiger partial charge in [-0.05, 0) is 45.0 Å². The molecule has 1 aromatic heterocycles. The third-order valence-corrected chi connectivity index (χ3v) is 4.72. The summed E-state index contributed by atoms with van der Waals surface area (Å²) >= 11 is 0. The Morgan fingerprint density at radius 3 is 2.67 bits per heavy atom. The van der Waals surface area contributed by atoms with Crippen molar-refractivity contribution in [1.82, 2.24) is 25.8 Å². The summed E-state index contributed by atoms with van der Waals surface area (Å²) in [7, 11) is 1.72. The number of amides is 1. The van der Waals surface area contributed by atoms with Crippen LogP contribution in [0.5, 0.6) is 0 Å². The summed E-state index contributed by atoms with van der Waals surface area (Å²) in [6, 6.07) is 7.39. The van der Waals surface area contributed by atoms with Crippen molar-refractivity contribution in [2.24, 2.45) is 5.41 Å². The first-order valence-corrected chi connectivity index (χ1v) is 8.59. The molecule has 1 saturated heterocycles. The maximum Gasteiger partial charge on any atom is 0.251 e. The zero-order valence-corrected chi connectivity index (χ0v) is 17.2. The molecule has 2 heterocycles. The lowest BCUT2D eigenvalue weighted by Gasteiger charge is -2.37. The fraction of sp³-hybridized carbons (Fsp3) is 0.500. The van der Waals surface area contributed by atoms with E-state index in [1.165, 1.54) is 0 Å². The molecule has 0 aliphatic carbocycles. The van der Waals surface area contributed by atoms with Gasteiger partial charge in [-0.15, -0.1) is 24.8 Å². The van der Waals surface area contributed by atoms with Gasteiger partial charge in [0.2, 0.25) is 0 Å². The van der Waals surface area contributed by atoms with Gasteiger partial charge in [0.25, 0.3) is 5.91 Å². The lowest BCUT2D eigenvalue weighted by molar-refractivity contribution is 0.0512. The Morgan fingerprint density at radius 1 is 1.30 bits per heavy atom. The predicted molar refractivity (Wildman–Crippen MR) is 110 cm³/mol. The number of aromatic nitrogens is 3. The van der Waals surface area contributed by atoms with Crippen LogP contribution < -0.4 is 10.6 Å². The highest BCUT2D eigenvalue weighted by Crippen LogP contribution is 2.28. The molecule has 1 aliphatic heterocycles. The first-order chi connectivity index (χ1) is 12.1. The fourth-order valence-electron chi connectivity index (χ4n) is 3.28. The minimum Gasteiger partial charge on any atom is -0.384 e. The van der Waals surface area contributed by atoms with Gasteiger partial charge in [0, 0.05) is 30.2 Å². The molecule has 3 N–H and O–H groups in total. The largest absolute Gasteiger partial charge is 0.384 e. The van der Waals surface area contributed by atoms with Crippen molar-refractivity contribution in [2.45, 2.75) is 19.8 Å². The van der Waals surface area contributed by atoms with Crippen molar-refractivity contribution in [2.75, 3.05) is 33.4 Å². The number of H-pyrrole nitrogens is 1. The van der Waals surface area contributed by atoms with Crippen molar-refractivity contribution < 1.29 is 9.53 Å². The Kier molecular flexibility index (Phi) is 9.18. The van der Waals surface area contributed by atoms with Crippen molar-refractivity contribution in [1.29, 1.82) is 0 Å². The van der Waals surface area contributed by atoms with E-state index < -0.39 is 0 Å². The van der Waals surface area contributed by atoms with Crippen LogP contribution in [0, 0.1) is 12.3 Å². The molecule has 0 spiro atoms. The van der Waals surface area contributed by atoms with Crippen LogP contribution in [-0.2, 0) is 4.74 Å². The normalized spacial score (nSPS) is 15.3. The van der Waals surface area contributed by atoms with E-state index in [1.807, 2.05) is 31.2 Å². The molecule has 1 fully saturated rings. The Labute approximate surface area is 171 Å². The third-order valence-electron chi connectivity index (χ3n) is 4.72. The molecular formula is C18H27Cl2N5O2. The van der Waals surface area contributed by atoms with E-state index >= 15 is 0 Å². The second kappa shape index (κ2) is 10.6. The number of hydrogen-bond acceptors (Lipinski definition) is 5. The van der Waals surface area contributed by atoms with Gasteiger partial charge in [0.05, 0.1) is 6.61 Å². The molecule has 0 radical (unpaired) electrons. The summed E-state index contributed by atoms with van der Waals surface area (Å²) in [4.78, 5) is 16.9. The minimum absolute atomic E-state index is 0. The smallest absolute Gasteiger partial charge is 0.251 e. The van der Waals surface area contributed by atoms with Gasteiger partial charge >= 0.3 is 0 Å². The molecule has 9 heteroatoms.